The van der Waals surface area contributed by atoms with Crippen LogP contribution in [0.1, 0.15) is 77.6 Å². The van der Waals surface area contributed by atoms with Crippen LogP contribution < -0.4 is 0 Å². The van der Waals surface area contributed by atoms with Crippen molar-refractivity contribution in [1.29, 1.82) is 0 Å². The third-order valence-corrected chi connectivity index (χ3v) is 4.96. The summed E-state index contributed by atoms with van der Waals surface area (Å²) < 4.78 is 0. The van der Waals surface area contributed by atoms with Gasteiger partial charge in [0.15, 0.2) is 0 Å². The molecule has 0 spiro atoms. The summed E-state index contributed by atoms with van der Waals surface area (Å²) in [4.78, 5) is 13.4. The molecule has 1 amide bonds. The van der Waals surface area contributed by atoms with Gasteiger partial charge in [-0.1, -0.05) is 64.7 Å². The molecule has 0 fully saturated rings. The van der Waals surface area contributed by atoms with Crippen molar-refractivity contribution in [3.05, 3.63) is 0 Å². The van der Waals surface area contributed by atoms with Gasteiger partial charge in [0.25, 0.3) is 0 Å². The fourth-order valence-electron chi connectivity index (χ4n) is 3.01. The Morgan fingerprint density at radius 2 is 1.22 bits per heavy atom. The zero-order valence-corrected chi connectivity index (χ0v) is 17.1. The molecule has 162 valence electrons. The van der Waals surface area contributed by atoms with E-state index in [0.717, 1.165) is 19.3 Å². The fourth-order valence-corrected chi connectivity index (χ4v) is 3.01. The molecule has 0 aromatic rings. The molecule has 0 aliphatic carbocycles. The van der Waals surface area contributed by atoms with E-state index in [0.29, 0.717) is 6.42 Å². The number of unbranched alkanes of at least 4 members (excludes halogenated alkanes) is 9. The second-order valence-corrected chi connectivity index (χ2v) is 7.50. The molecule has 0 radical (unpaired) electrons. The van der Waals surface area contributed by atoms with Crippen LogP contribution >= 0.6 is 0 Å². The van der Waals surface area contributed by atoms with Gasteiger partial charge < -0.3 is 30.4 Å². The zero-order chi connectivity index (χ0) is 20.7. The van der Waals surface area contributed by atoms with Gasteiger partial charge in [-0.3, -0.25) is 4.79 Å². The summed E-state index contributed by atoms with van der Waals surface area (Å²) in [6.07, 6.45) is 6.03. The van der Waals surface area contributed by atoms with Gasteiger partial charge in [0, 0.05) is 20.0 Å². The van der Waals surface area contributed by atoms with Gasteiger partial charge in [-0.25, -0.2) is 0 Å². The van der Waals surface area contributed by atoms with E-state index in [1.807, 2.05) is 0 Å². The van der Waals surface area contributed by atoms with Crippen LogP contribution in [-0.2, 0) is 4.79 Å². The summed E-state index contributed by atoms with van der Waals surface area (Å²) in [5.41, 5.74) is 0. The lowest BCUT2D eigenvalue weighted by atomic mass is 10.0. The zero-order valence-electron chi connectivity index (χ0n) is 17.1. The van der Waals surface area contributed by atoms with Crippen LogP contribution in [-0.4, -0.2) is 81.0 Å². The Hall–Kier alpha value is -0.730. The number of aliphatic hydroxyl groups excluding tert-OH is 5. The van der Waals surface area contributed by atoms with Gasteiger partial charge in [0.2, 0.25) is 5.91 Å². The first kappa shape index (κ1) is 26.3. The summed E-state index contributed by atoms with van der Waals surface area (Å²) in [5, 5.41) is 47.3. The number of nitrogens with zero attached hydrogens (tertiary/aromatic N) is 1. The largest absolute Gasteiger partial charge is 0.394 e. The highest BCUT2D eigenvalue weighted by atomic mass is 16.4. The van der Waals surface area contributed by atoms with Crippen molar-refractivity contribution in [2.24, 2.45) is 0 Å². The maximum atomic E-state index is 12.1. The van der Waals surface area contributed by atoms with Crippen LogP contribution in [0.5, 0.6) is 0 Å². The van der Waals surface area contributed by atoms with Gasteiger partial charge in [-0.2, -0.15) is 0 Å². The van der Waals surface area contributed by atoms with Crippen molar-refractivity contribution >= 4 is 5.91 Å². The number of aliphatic hydroxyl groups is 5. The van der Waals surface area contributed by atoms with Crippen molar-refractivity contribution in [2.75, 3.05) is 20.2 Å². The lowest BCUT2D eigenvalue weighted by molar-refractivity contribution is -0.138. The minimum atomic E-state index is -1.67. The molecule has 0 heterocycles. The van der Waals surface area contributed by atoms with E-state index in [4.69, 9.17) is 5.11 Å². The molecule has 0 saturated heterocycles. The maximum absolute atomic E-state index is 12.1. The molecule has 4 atom stereocenters. The Morgan fingerprint density at radius 1 is 0.778 bits per heavy atom. The van der Waals surface area contributed by atoms with Crippen molar-refractivity contribution in [3.63, 3.8) is 0 Å². The Morgan fingerprint density at radius 3 is 1.70 bits per heavy atom. The van der Waals surface area contributed by atoms with Crippen LogP contribution in [0.15, 0.2) is 0 Å². The SMILES string of the molecule is CCCCCCCCCCCCC(=O)N(C)CC(O)C(O)C(O)C(O)CO. The molecule has 0 rings (SSSR count). The van der Waals surface area contributed by atoms with Crippen LogP contribution in [0.4, 0.5) is 0 Å². The number of carbonyl (C=O) groups is 1. The number of hydrogen-bond acceptors (Lipinski definition) is 6. The van der Waals surface area contributed by atoms with Gasteiger partial charge in [0.05, 0.1) is 6.61 Å². The highest BCUT2D eigenvalue weighted by molar-refractivity contribution is 5.75. The van der Waals surface area contributed by atoms with Gasteiger partial charge in [-0.15, -0.1) is 0 Å². The van der Waals surface area contributed by atoms with E-state index in [9.17, 15) is 25.2 Å². The van der Waals surface area contributed by atoms with Gasteiger partial charge >= 0.3 is 0 Å². The standard InChI is InChI=1S/C20H41NO6/c1-3-4-5-6-7-8-9-10-11-12-13-18(25)21(2)14-16(23)19(26)20(27)17(24)15-22/h16-17,19-20,22-24,26-27H,3-15H2,1-2H3. The highest BCUT2D eigenvalue weighted by Crippen LogP contribution is 2.12. The molecule has 0 aromatic carbocycles. The molecule has 0 aliphatic rings. The monoisotopic (exact) mass is 391 g/mol. The van der Waals surface area contributed by atoms with Crippen LogP contribution in [0.3, 0.4) is 0 Å². The van der Waals surface area contributed by atoms with Crippen molar-refractivity contribution in [3.8, 4) is 0 Å². The third-order valence-electron chi connectivity index (χ3n) is 4.96. The Bertz CT molecular complexity index is 368. The molecule has 0 saturated carbocycles. The van der Waals surface area contributed by atoms with Crippen LogP contribution in [0, 0.1) is 0 Å². The minimum absolute atomic E-state index is 0.127. The van der Waals surface area contributed by atoms with E-state index in [1.165, 1.54) is 56.9 Å². The van der Waals surface area contributed by atoms with Crippen LogP contribution in [0.25, 0.3) is 0 Å². The fraction of sp³-hybridized carbons (Fsp3) is 0.950. The summed E-state index contributed by atoms with van der Waals surface area (Å²) in [5.74, 6) is -0.127. The predicted molar refractivity (Wildman–Crippen MR) is 105 cm³/mol. The molecule has 0 aromatic heterocycles. The molecule has 0 aliphatic heterocycles. The second kappa shape index (κ2) is 16.2. The lowest BCUT2D eigenvalue weighted by Crippen LogP contribution is -2.49. The topological polar surface area (TPSA) is 121 Å². The van der Waals surface area contributed by atoms with Gasteiger partial charge in [0.1, 0.15) is 24.4 Å². The average Bonchev–Trinajstić information content (AvgIpc) is 2.67. The van der Waals surface area contributed by atoms with E-state index in [-0.39, 0.29) is 12.5 Å². The first-order valence-corrected chi connectivity index (χ1v) is 10.4. The maximum Gasteiger partial charge on any atom is 0.222 e. The molecule has 0 bridgehead atoms. The number of amides is 1. The number of rotatable bonds is 17. The van der Waals surface area contributed by atoms with E-state index < -0.39 is 31.0 Å². The van der Waals surface area contributed by atoms with E-state index in [1.54, 1.807) is 0 Å². The average molecular weight is 392 g/mol. The van der Waals surface area contributed by atoms with Gasteiger partial charge in [-0.05, 0) is 6.42 Å². The molecular formula is C20H41NO6. The second-order valence-electron chi connectivity index (χ2n) is 7.50. The van der Waals surface area contributed by atoms with Crippen molar-refractivity contribution < 1.29 is 30.3 Å². The molecule has 7 heteroatoms. The Balaban J connectivity index is 3.83. The quantitative estimate of drug-likeness (QED) is 0.238. The predicted octanol–water partition coefficient (Wildman–Crippen LogP) is 1.19. The smallest absolute Gasteiger partial charge is 0.222 e. The number of hydrogen-bond donors (Lipinski definition) is 5. The highest BCUT2D eigenvalue weighted by Gasteiger charge is 2.31. The number of carbonyl (C=O) groups excluding carboxylic acids is 1. The normalized spacial score (nSPS) is 16.0. The first-order chi connectivity index (χ1) is 12.8. The summed E-state index contributed by atoms with van der Waals surface area (Å²) >= 11 is 0. The first-order valence-electron chi connectivity index (χ1n) is 10.4. The molecule has 7 nitrogen and oxygen atoms in total. The molecular weight excluding hydrogens is 350 g/mol. The van der Waals surface area contributed by atoms with E-state index >= 15 is 0 Å². The van der Waals surface area contributed by atoms with E-state index in [2.05, 4.69) is 6.92 Å². The molecule has 5 N–H and O–H groups in total. The molecule has 4 unspecified atom stereocenters. The third kappa shape index (κ3) is 12.4. The summed E-state index contributed by atoms with van der Waals surface area (Å²) in [6.45, 7) is 1.35. The number of likely N-dealkylation sites (N-methyl/N-ethyl adjacent to an activating group) is 1. The lowest BCUT2D eigenvalue weighted by Gasteiger charge is -2.28. The molecule has 27 heavy (non-hydrogen) atoms. The Labute approximate surface area is 164 Å². The summed E-state index contributed by atoms with van der Waals surface area (Å²) in [7, 11) is 1.53. The van der Waals surface area contributed by atoms with Crippen molar-refractivity contribution in [2.45, 2.75) is 102 Å². The van der Waals surface area contributed by atoms with Crippen molar-refractivity contribution in [1.82, 2.24) is 4.90 Å². The minimum Gasteiger partial charge on any atom is -0.394 e. The Kier molecular flexibility index (Phi) is 15.8. The van der Waals surface area contributed by atoms with Crippen LogP contribution in [0.2, 0.25) is 0 Å². The summed E-state index contributed by atoms with van der Waals surface area (Å²) in [6, 6.07) is 0.